The van der Waals surface area contributed by atoms with Gasteiger partial charge in [0.2, 0.25) is 5.82 Å². The van der Waals surface area contributed by atoms with Crippen LogP contribution < -0.4 is 16.0 Å². The second-order valence-electron chi connectivity index (χ2n) is 3.73. The van der Waals surface area contributed by atoms with Gasteiger partial charge in [0.1, 0.15) is 4.92 Å². The molecule has 11 heteroatoms. The first-order valence-electron chi connectivity index (χ1n) is 5.26. The number of ether oxygens (including phenoxy) is 1. The van der Waals surface area contributed by atoms with Gasteiger partial charge in [0.05, 0.1) is 6.07 Å². The molecule has 0 fully saturated rings. The molecule has 10 nitrogen and oxygen atoms in total. The molecule has 0 atom stereocenters. The number of hydrogen-bond acceptors (Lipinski definition) is 7. The standard InChI is InChI=1S/C10H6FN3O7/c1-12-4-5(11)8(15)13(9(12)16)10(17)21-7-3-2-6(20-7)14(18)19/h2-4H,1H3. The number of nitrogens with zero attached hydrogens (tertiary/aromatic N) is 3. The van der Waals surface area contributed by atoms with Gasteiger partial charge in [-0.15, -0.1) is 0 Å². The highest BCUT2D eigenvalue weighted by molar-refractivity contribution is 5.72. The molecule has 0 N–H and O–H groups in total. The van der Waals surface area contributed by atoms with E-state index < -0.39 is 39.9 Å². The Bertz CT molecular complexity index is 813. The first kappa shape index (κ1) is 14.2. The van der Waals surface area contributed by atoms with Crippen molar-refractivity contribution in [2.24, 2.45) is 7.05 Å². The predicted molar refractivity (Wildman–Crippen MR) is 62.7 cm³/mol. The number of nitro groups is 1. The van der Waals surface area contributed by atoms with Crippen LogP contribution in [0.4, 0.5) is 15.1 Å². The lowest BCUT2D eigenvalue weighted by Gasteiger charge is -2.04. The van der Waals surface area contributed by atoms with Gasteiger partial charge < -0.3 is 13.7 Å². The summed E-state index contributed by atoms with van der Waals surface area (Å²) in [6, 6.07) is 1.83. The zero-order valence-corrected chi connectivity index (χ0v) is 10.3. The fourth-order valence-corrected chi connectivity index (χ4v) is 1.39. The van der Waals surface area contributed by atoms with Gasteiger partial charge in [-0.05, 0) is 0 Å². The third kappa shape index (κ3) is 2.56. The fraction of sp³-hybridized carbons (Fsp3) is 0.100. The molecule has 0 unspecified atom stereocenters. The van der Waals surface area contributed by atoms with Crippen LogP contribution in [0.25, 0.3) is 0 Å². The second kappa shape index (κ2) is 5.03. The highest BCUT2D eigenvalue weighted by Gasteiger charge is 2.21. The van der Waals surface area contributed by atoms with E-state index in [0.29, 0.717) is 10.8 Å². The summed E-state index contributed by atoms with van der Waals surface area (Å²) in [6.45, 7) is 0. The van der Waals surface area contributed by atoms with Crippen LogP contribution >= 0.6 is 0 Å². The summed E-state index contributed by atoms with van der Waals surface area (Å²) in [5.74, 6) is -2.68. The van der Waals surface area contributed by atoms with Crippen LogP contribution in [0.5, 0.6) is 5.95 Å². The number of carbonyl (C=O) groups is 1. The highest BCUT2D eigenvalue weighted by atomic mass is 19.1. The number of furan rings is 1. The normalized spacial score (nSPS) is 10.4. The molecule has 2 aromatic rings. The van der Waals surface area contributed by atoms with Crippen LogP contribution in [-0.4, -0.2) is 20.2 Å². The van der Waals surface area contributed by atoms with Crippen molar-refractivity contribution >= 4 is 12.0 Å². The molecule has 21 heavy (non-hydrogen) atoms. The van der Waals surface area contributed by atoms with Crippen molar-refractivity contribution in [3.63, 3.8) is 0 Å². The van der Waals surface area contributed by atoms with Crippen LogP contribution in [0.3, 0.4) is 0 Å². The monoisotopic (exact) mass is 299 g/mol. The molecule has 2 heterocycles. The Morgan fingerprint density at radius 2 is 2.10 bits per heavy atom. The predicted octanol–water partition coefficient (Wildman–Crippen LogP) is 0.234. The molecule has 0 saturated carbocycles. The van der Waals surface area contributed by atoms with E-state index in [2.05, 4.69) is 9.15 Å². The third-order valence-corrected chi connectivity index (χ3v) is 2.32. The minimum absolute atomic E-state index is 0.107. The van der Waals surface area contributed by atoms with E-state index in [1.807, 2.05) is 0 Å². The lowest BCUT2D eigenvalue weighted by Crippen LogP contribution is -2.45. The van der Waals surface area contributed by atoms with Gasteiger partial charge in [0.15, 0.2) is 0 Å². The van der Waals surface area contributed by atoms with Gasteiger partial charge in [-0.2, -0.15) is 8.96 Å². The van der Waals surface area contributed by atoms with E-state index in [-0.39, 0.29) is 4.57 Å². The van der Waals surface area contributed by atoms with Gasteiger partial charge in [0, 0.05) is 19.3 Å². The topological polar surface area (TPSA) is 127 Å². The van der Waals surface area contributed by atoms with E-state index >= 15 is 0 Å². The minimum Gasteiger partial charge on any atom is -0.375 e. The number of carbonyl (C=O) groups excluding carboxylic acids is 1. The van der Waals surface area contributed by atoms with Gasteiger partial charge in [-0.1, -0.05) is 0 Å². The smallest absolute Gasteiger partial charge is 0.375 e. The maximum atomic E-state index is 13.2. The summed E-state index contributed by atoms with van der Waals surface area (Å²) in [7, 11) is 1.12. The Morgan fingerprint density at radius 3 is 2.67 bits per heavy atom. The molecule has 2 aromatic heterocycles. The van der Waals surface area contributed by atoms with E-state index in [9.17, 15) is 28.9 Å². The number of aromatic nitrogens is 2. The molecule has 0 spiro atoms. The van der Waals surface area contributed by atoms with E-state index in [0.717, 1.165) is 19.2 Å². The zero-order valence-electron chi connectivity index (χ0n) is 10.3. The van der Waals surface area contributed by atoms with Gasteiger partial charge >= 0.3 is 23.2 Å². The third-order valence-electron chi connectivity index (χ3n) is 2.32. The Balaban J connectivity index is 2.39. The number of halogens is 1. The average Bonchev–Trinajstić information content (AvgIpc) is 2.85. The van der Waals surface area contributed by atoms with E-state index in [1.165, 1.54) is 0 Å². The molecule has 110 valence electrons. The van der Waals surface area contributed by atoms with E-state index in [4.69, 9.17) is 0 Å². The lowest BCUT2D eigenvalue weighted by atomic mass is 10.6. The van der Waals surface area contributed by atoms with E-state index in [1.54, 1.807) is 0 Å². The van der Waals surface area contributed by atoms with Crippen molar-refractivity contribution in [3.8, 4) is 5.95 Å². The van der Waals surface area contributed by atoms with Crippen molar-refractivity contribution in [3.05, 3.63) is 55.1 Å². The SMILES string of the molecule is Cn1cc(F)c(=O)n(C(=O)Oc2ccc([N+](=O)[O-])o2)c1=O. The van der Waals surface area contributed by atoms with Crippen LogP contribution in [0.1, 0.15) is 0 Å². The van der Waals surface area contributed by atoms with Crippen LogP contribution in [-0.2, 0) is 7.05 Å². The molecule has 2 rings (SSSR count). The van der Waals surface area contributed by atoms with Gasteiger partial charge in [0.25, 0.3) is 5.95 Å². The van der Waals surface area contributed by atoms with Gasteiger partial charge in [-0.3, -0.25) is 14.9 Å². The molecule has 0 aliphatic carbocycles. The molecular weight excluding hydrogens is 293 g/mol. The zero-order chi connectivity index (χ0) is 15.7. The average molecular weight is 299 g/mol. The Labute approximate surface area is 113 Å². The van der Waals surface area contributed by atoms with Crippen LogP contribution in [0.15, 0.2) is 32.3 Å². The Hall–Kier alpha value is -3.24. The Kier molecular flexibility index (Phi) is 3.40. The summed E-state index contributed by atoms with van der Waals surface area (Å²) in [5.41, 5.74) is -2.66. The minimum atomic E-state index is -1.55. The molecule has 0 radical (unpaired) electrons. The molecule has 0 aliphatic heterocycles. The first-order chi connectivity index (χ1) is 9.81. The molecule has 0 saturated heterocycles. The van der Waals surface area contributed by atoms with Crippen molar-refractivity contribution in [2.75, 3.05) is 0 Å². The maximum absolute atomic E-state index is 13.2. The summed E-state index contributed by atoms with van der Waals surface area (Å²) in [6.07, 6.45) is -0.948. The fourth-order valence-electron chi connectivity index (χ4n) is 1.39. The molecule has 0 aromatic carbocycles. The molecule has 0 aliphatic rings. The maximum Gasteiger partial charge on any atom is 0.436 e. The highest BCUT2D eigenvalue weighted by Crippen LogP contribution is 2.21. The van der Waals surface area contributed by atoms with Gasteiger partial charge in [-0.25, -0.2) is 9.59 Å². The molecular formula is C10H6FN3O7. The van der Waals surface area contributed by atoms with Crippen molar-refractivity contribution in [1.82, 2.24) is 9.13 Å². The summed E-state index contributed by atoms with van der Waals surface area (Å²) in [4.78, 5) is 44.2. The van der Waals surface area contributed by atoms with Crippen molar-refractivity contribution in [2.45, 2.75) is 0 Å². The summed E-state index contributed by atoms with van der Waals surface area (Å²) < 4.78 is 22.8. The number of aryl methyl sites for hydroxylation is 1. The quantitative estimate of drug-likeness (QED) is 0.573. The van der Waals surface area contributed by atoms with Crippen LogP contribution in [0.2, 0.25) is 0 Å². The number of hydrogen-bond donors (Lipinski definition) is 0. The Morgan fingerprint density at radius 1 is 1.43 bits per heavy atom. The lowest BCUT2D eigenvalue weighted by molar-refractivity contribution is -0.402. The van der Waals surface area contributed by atoms with Crippen LogP contribution in [0, 0.1) is 15.9 Å². The first-order valence-corrected chi connectivity index (χ1v) is 5.26. The largest absolute Gasteiger partial charge is 0.436 e. The molecule has 0 bridgehead atoms. The summed E-state index contributed by atoms with van der Waals surface area (Å²) in [5, 5.41) is 10.4. The van der Waals surface area contributed by atoms with Crippen molar-refractivity contribution < 1.29 is 23.3 Å². The molecule has 0 amide bonds. The van der Waals surface area contributed by atoms with Crippen molar-refractivity contribution in [1.29, 1.82) is 0 Å². The number of rotatable bonds is 2. The second-order valence-corrected chi connectivity index (χ2v) is 3.73. The summed E-state index contributed by atoms with van der Waals surface area (Å²) >= 11 is 0.